The van der Waals surface area contributed by atoms with Gasteiger partial charge in [-0.15, -0.1) is 0 Å². The van der Waals surface area contributed by atoms with Crippen molar-refractivity contribution in [2.24, 2.45) is 5.92 Å². The second kappa shape index (κ2) is 3.03. The summed E-state index contributed by atoms with van der Waals surface area (Å²) in [6.07, 6.45) is 0. The van der Waals surface area contributed by atoms with Gasteiger partial charge in [0.1, 0.15) is 0 Å². The Bertz CT molecular complexity index is 59.3. The van der Waals surface area contributed by atoms with Crippen LogP contribution in [0.1, 0.15) is 13.8 Å². The summed E-state index contributed by atoms with van der Waals surface area (Å²) in [7, 11) is 0. The molecule has 0 aromatic carbocycles. The molecule has 0 aromatic rings. The van der Waals surface area contributed by atoms with E-state index in [1.54, 1.807) is 0 Å². The molecule has 0 aliphatic rings. The topological polar surface area (TPSA) is 0 Å². The first-order valence-corrected chi connectivity index (χ1v) is 9.21. The van der Waals surface area contributed by atoms with Gasteiger partial charge in [-0.25, -0.2) is 0 Å². The van der Waals surface area contributed by atoms with Crippen molar-refractivity contribution in [1.29, 1.82) is 0 Å². The van der Waals surface area contributed by atoms with E-state index < -0.39 is 16.6 Å². The molecular formula is C7H18Ti. The first-order valence-electron chi connectivity index (χ1n) is 3.42. The average Bonchev–Trinajstić information content (AvgIpc) is 1.21. The van der Waals surface area contributed by atoms with E-state index in [1.165, 1.54) is 4.73 Å². The van der Waals surface area contributed by atoms with E-state index in [9.17, 15) is 0 Å². The maximum atomic E-state index is 2.47. The fourth-order valence-electron chi connectivity index (χ4n) is 1.22. The minimum absolute atomic E-state index is 0.926. The van der Waals surface area contributed by atoms with Crippen LogP contribution < -0.4 is 0 Å². The first-order chi connectivity index (χ1) is 3.42. The second-order valence-corrected chi connectivity index (χ2v) is 12.8. The van der Waals surface area contributed by atoms with E-state index in [0.717, 1.165) is 5.92 Å². The van der Waals surface area contributed by atoms with Crippen molar-refractivity contribution in [3.05, 3.63) is 0 Å². The Hall–Kier alpha value is 0.714. The summed E-state index contributed by atoms with van der Waals surface area (Å²) in [6, 6.07) is 0. The van der Waals surface area contributed by atoms with Gasteiger partial charge in [-0.1, -0.05) is 0 Å². The van der Waals surface area contributed by atoms with Crippen LogP contribution in [-0.2, 0) is 16.6 Å². The zero-order valence-corrected chi connectivity index (χ0v) is 8.35. The monoisotopic (exact) mass is 150 g/mol. The predicted octanol–water partition coefficient (Wildman–Crippen LogP) is 3.36. The number of rotatable bonds is 2. The molecule has 0 N–H and O–H groups in total. The third-order valence-corrected chi connectivity index (χ3v) is 4.21. The van der Waals surface area contributed by atoms with Gasteiger partial charge in [0.2, 0.25) is 0 Å². The van der Waals surface area contributed by atoms with Crippen LogP contribution in [0.4, 0.5) is 0 Å². The van der Waals surface area contributed by atoms with E-state index in [0.29, 0.717) is 0 Å². The van der Waals surface area contributed by atoms with Crippen molar-refractivity contribution < 1.29 is 16.6 Å². The summed E-state index contributed by atoms with van der Waals surface area (Å²) in [5.41, 5.74) is 0. The van der Waals surface area contributed by atoms with Crippen LogP contribution in [0.2, 0.25) is 20.4 Å². The molecule has 0 saturated heterocycles. The van der Waals surface area contributed by atoms with Gasteiger partial charge < -0.3 is 0 Å². The molecule has 0 rings (SSSR count). The van der Waals surface area contributed by atoms with Crippen LogP contribution in [0.5, 0.6) is 0 Å². The third-order valence-electron chi connectivity index (χ3n) is 1.02. The van der Waals surface area contributed by atoms with E-state index >= 15 is 0 Å². The van der Waals surface area contributed by atoms with Crippen molar-refractivity contribution in [3.63, 3.8) is 0 Å². The van der Waals surface area contributed by atoms with Crippen LogP contribution >= 0.6 is 0 Å². The quantitative estimate of drug-likeness (QED) is 0.529. The molecule has 50 valence electrons. The molecule has 0 aliphatic carbocycles. The van der Waals surface area contributed by atoms with Crippen molar-refractivity contribution >= 4 is 0 Å². The van der Waals surface area contributed by atoms with Crippen LogP contribution in [0.3, 0.4) is 0 Å². The molecule has 0 fully saturated rings. The maximum absolute atomic E-state index is 2.47. The Balaban J connectivity index is 3.39. The molecule has 8 heavy (non-hydrogen) atoms. The van der Waals surface area contributed by atoms with Crippen molar-refractivity contribution in [2.75, 3.05) is 0 Å². The molecule has 0 saturated carbocycles. The summed E-state index contributed by atoms with van der Waals surface area (Å²) in [5.74, 6) is 0.926. The van der Waals surface area contributed by atoms with Crippen molar-refractivity contribution in [1.82, 2.24) is 0 Å². The van der Waals surface area contributed by atoms with Gasteiger partial charge in [-0.2, -0.15) is 0 Å². The van der Waals surface area contributed by atoms with E-state index in [1.807, 2.05) is 0 Å². The van der Waals surface area contributed by atoms with E-state index in [-0.39, 0.29) is 0 Å². The summed E-state index contributed by atoms with van der Waals surface area (Å²) >= 11 is -1.16. The Labute approximate surface area is 57.0 Å². The zero-order chi connectivity index (χ0) is 6.78. The molecule has 0 radical (unpaired) electrons. The van der Waals surface area contributed by atoms with E-state index in [4.69, 9.17) is 0 Å². The van der Waals surface area contributed by atoms with Crippen molar-refractivity contribution in [3.8, 4) is 0 Å². The molecule has 0 spiro atoms. The van der Waals surface area contributed by atoms with Gasteiger partial charge in [0, 0.05) is 0 Å². The summed E-state index contributed by atoms with van der Waals surface area (Å²) in [6.45, 7) is 4.63. The fraction of sp³-hybridized carbons (Fsp3) is 1.00. The molecule has 0 atom stereocenters. The SMILES string of the molecule is CC(C)[CH2][Ti]([CH3])([CH3])[CH3]. The molecule has 0 aliphatic heterocycles. The summed E-state index contributed by atoms with van der Waals surface area (Å²) in [5, 5.41) is 7.42. The molecule has 0 bridgehead atoms. The summed E-state index contributed by atoms with van der Waals surface area (Å²) < 4.78 is 1.51. The number of hydrogen-bond acceptors (Lipinski definition) is 0. The summed E-state index contributed by atoms with van der Waals surface area (Å²) in [4.78, 5) is 0. The van der Waals surface area contributed by atoms with Gasteiger partial charge in [-0.05, 0) is 0 Å². The molecule has 1 heteroatoms. The fourth-order valence-corrected chi connectivity index (χ4v) is 5.05. The van der Waals surface area contributed by atoms with Gasteiger partial charge >= 0.3 is 56.8 Å². The normalized spacial score (nSPS) is 12.8. The first kappa shape index (κ1) is 8.71. The standard InChI is InChI=1S/C4H9.3CH3.Ti/c1-4(2)3;;;;/h4H,1H2,2-3H3;3*1H3;. The Morgan fingerprint density at radius 1 is 1.12 bits per heavy atom. The van der Waals surface area contributed by atoms with Gasteiger partial charge in [0.25, 0.3) is 0 Å². The average molecular weight is 150 g/mol. The molecule has 0 unspecified atom stereocenters. The van der Waals surface area contributed by atoms with Gasteiger partial charge in [0.15, 0.2) is 0 Å². The van der Waals surface area contributed by atoms with Crippen molar-refractivity contribution in [2.45, 2.75) is 34.3 Å². The van der Waals surface area contributed by atoms with Crippen LogP contribution in [0.15, 0.2) is 0 Å². The van der Waals surface area contributed by atoms with Crippen LogP contribution in [-0.4, -0.2) is 0 Å². The molecule has 0 heterocycles. The van der Waals surface area contributed by atoms with Crippen LogP contribution in [0.25, 0.3) is 0 Å². The Morgan fingerprint density at radius 2 is 1.50 bits per heavy atom. The van der Waals surface area contributed by atoms with E-state index in [2.05, 4.69) is 29.5 Å². The third kappa shape index (κ3) is 6.71. The minimum atomic E-state index is -1.16. The zero-order valence-electron chi connectivity index (χ0n) is 6.78. The Kier molecular flexibility index (Phi) is 3.30. The molecule has 0 amide bonds. The van der Waals surface area contributed by atoms with Crippen LogP contribution in [0, 0.1) is 5.92 Å². The predicted molar refractivity (Wildman–Crippen MR) is 37.2 cm³/mol. The van der Waals surface area contributed by atoms with Gasteiger partial charge in [-0.3, -0.25) is 0 Å². The molecule has 0 nitrogen and oxygen atoms in total. The Morgan fingerprint density at radius 3 is 1.50 bits per heavy atom. The molecule has 0 aromatic heterocycles. The van der Waals surface area contributed by atoms with Gasteiger partial charge in [0.05, 0.1) is 0 Å². The molecular weight excluding hydrogens is 132 g/mol. The number of hydrogen-bond donors (Lipinski definition) is 0. The second-order valence-electron chi connectivity index (χ2n) is 4.16.